The van der Waals surface area contributed by atoms with Gasteiger partial charge >= 0.3 is 12.1 Å². The third-order valence-electron chi connectivity index (χ3n) is 2.90. The van der Waals surface area contributed by atoms with E-state index in [1.165, 1.54) is 13.1 Å². The van der Waals surface area contributed by atoms with E-state index in [1.54, 1.807) is 19.1 Å². The summed E-state index contributed by atoms with van der Waals surface area (Å²) in [6.45, 7) is 1.65. The molecule has 0 radical (unpaired) electrons. The van der Waals surface area contributed by atoms with Crippen LogP contribution in [0.4, 0.5) is 13.2 Å². The van der Waals surface area contributed by atoms with Gasteiger partial charge in [-0.05, 0) is 12.5 Å². The van der Waals surface area contributed by atoms with Gasteiger partial charge in [-0.15, -0.1) is 0 Å². The van der Waals surface area contributed by atoms with Crippen LogP contribution in [0.25, 0.3) is 10.9 Å². The third-order valence-corrected chi connectivity index (χ3v) is 2.90. The van der Waals surface area contributed by atoms with Gasteiger partial charge < -0.3 is 9.67 Å². The number of fused-ring (bicyclic) bond motifs is 1. The number of carbonyl (C=O) groups is 1. The highest BCUT2D eigenvalue weighted by molar-refractivity contribution is 6.06. The Morgan fingerprint density at radius 3 is 2.44 bits per heavy atom. The number of rotatable bonds is 1. The van der Waals surface area contributed by atoms with Crippen molar-refractivity contribution in [1.29, 1.82) is 0 Å². The lowest BCUT2D eigenvalue weighted by Crippen LogP contribution is -2.15. The molecule has 0 aliphatic carbocycles. The molecule has 0 unspecified atom stereocenters. The van der Waals surface area contributed by atoms with Gasteiger partial charge in [0.05, 0.1) is 11.1 Å². The van der Waals surface area contributed by atoms with E-state index in [1.807, 2.05) is 0 Å². The van der Waals surface area contributed by atoms with Gasteiger partial charge in [-0.1, -0.05) is 18.2 Å². The topological polar surface area (TPSA) is 42.2 Å². The molecule has 0 atom stereocenters. The van der Waals surface area contributed by atoms with E-state index < -0.39 is 23.4 Å². The zero-order valence-corrected chi connectivity index (χ0v) is 9.67. The summed E-state index contributed by atoms with van der Waals surface area (Å²) >= 11 is 0. The van der Waals surface area contributed by atoms with Crippen molar-refractivity contribution < 1.29 is 23.1 Å². The minimum absolute atomic E-state index is 0.109. The van der Waals surface area contributed by atoms with E-state index in [-0.39, 0.29) is 5.39 Å². The SMILES string of the molecule is Cc1cccc2c(C(=O)O)c(C(F)(F)F)n(C)c12. The first kappa shape index (κ1) is 12.5. The molecule has 3 nitrogen and oxygen atoms in total. The van der Waals surface area contributed by atoms with Crippen LogP contribution in [0, 0.1) is 6.92 Å². The summed E-state index contributed by atoms with van der Waals surface area (Å²) in [5.41, 5.74) is -0.918. The van der Waals surface area contributed by atoms with Crippen LogP contribution in [0.3, 0.4) is 0 Å². The van der Waals surface area contributed by atoms with Crippen LogP contribution in [-0.2, 0) is 13.2 Å². The number of hydrogen-bond acceptors (Lipinski definition) is 1. The highest BCUT2D eigenvalue weighted by Gasteiger charge is 2.40. The summed E-state index contributed by atoms with van der Waals surface area (Å²) in [7, 11) is 1.23. The average Bonchev–Trinajstić information content (AvgIpc) is 2.52. The monoisotopic (exact) mass is 257 g/mol. The molecule has 96 valence electrons. The molecule has 2 aromatic rings. The number of para-hydroxylation sites is 1. The standard InChI is InChI=1S/C12H10F3NO2/c1-6-4-3-5-7-8(11(17)18)10(12(13,14)15)16(2)9(6)7/h3-5H,1-2H3,(H,17,18). The second-order valence-corrected chi connectivity index (χ2v) is 4.06. The second kappa shape index (κ2) is 3.76. The zero-order chi connectivity index (χ0) is 13.7. The fourth-order valence-corrected chi connectivity index (χ4v) is 2.26. The molecule has 0 saturated heterocycles. The van der Waals surface area contributed by atoms with Crippen LogP contribution in [0.2, 0.25) is 0 Å². The Hall–Kier alpha value is -1.98. The largest absolute Gasteiger partial charge is 0.478 e. The van der Waals surface area contributed by atoms with Crippen molar-refractivity contribution in [2.24, 2.45) is 7.05 Å². The molecule has 0 fully saturated rings. The van der Waals surface area contributed by atoms with Gasteiger partial charge in [0.1, 0.15) is 5.69 Å². The van der Waals surface area contributed by atoms with E-state index in [9.17, 15) is 18.0 Å². The summed E-state index contributed by atoms with van der Waals surface area (Å²) in [5, 5.41) is 9.13. The summed E-state index contributed by atoms with van der Waals surface area (Å²) in [5.74, 6) is -1.57. The number of aryl methyl sites for hydroxylation is 2. The Labute approximate surface area is 100 Å². The van der Waals surface area contributed by atoms with Crippen LogP contribution >= 0.6 is 0 Å². The smallest absolute Gasteiger partial charge is 0.432 e. The van der Waals surface area contributed by atoms with Crippen molar-refractivity contribution >= 4 is 16.9 Å². The van der Waals surface area contributed by atoms with E-state index in [2.05, 4.69) is 0 Å². The third kappa shape index (κ3) is 1.64. The van der Waals surface area contributed by atoms with Gasteiger partial charge in [0.2, 0.25) is 0 Å². The Bertz CT molecular complexity index is 641. The average molecular weight is 257 g/mol. The summed E-state index contributed by atoms with van der Waals surface area (Å²) < 4.78 is 39.8. The normalized spacial score (nSPS) is 12.1. The lowest BCUT2D eigenvalue weighted by molar-refractivity contribution is -0.143. The summed E-state index contributed by atoms with van der Waals surface area (Å²) in [6, 6.07) is 4.58. The van der Waals surface area contributed by atoms with Crippen molar-refractivity contribution in [2.45, 2.75) is 13.1 Å². The molecule has 1 aromatic carbocycles. The van der Waals surface area contributed by atoms with Crippen molar-refractivity contribution in [3.63, 3.8) is 0 Å². The molecular formula is C12H10F3NO2. The molecule has 0 saturated carbocycles. The maximum atomic E-state index is 13.0. The van der Waals surface area contributed by atoms with Gasteiger partial charge in [-0.3, -0.25) is 0 Å². The lowest BCUT2D eigenvalue weighted by atomic mass is 10.1. The molecule has 0 amide bonds. The number of aromatic carboxylic acids is 1. The minimum Gasteiger partial charge on any atom is -0.478 e. The van der Waals surface area contributed by atoms with Crippen LogP contribution < -0.4 is 0 Å². The first-order chi connectivity index (χ1) is 8.25. The summed E-state index contributed by atoms with van der Waals surface area (Å²) in [4.78, 5) is 11.1. The molecule has 1 N–H and O–H groups in total. The molecule has 18 heavy (non-hydrogen) atoms. The van der Waals surface area contributed by atoms with Gasteiger partial charge in [0.15, 0.2) is 0 Å². The number of carboxylic acids is 1. The van der Waals surface area contributed by atoms with E-state index in [4.69, 9.17) is 5.11 Å². The Morgan fingerprint density at radius 2 is 1.94 bits per heavy atom. The number of alkyl halides is 3. The molecular weight excluding hydrogens is 247 g/mol. The predicted octanol–water partition coefficient (Wildman–Crippen LogP) is 3.20. The fourth-order valence-electron chi connectivity index (χ4n) is 2.26. The molecule has 0 aliphatic heterocycles. The first-order valence-corrected chi connectivity index (χ1v) is 5.13. The number of halogens is 3. The van der Waals surface area contributed by atoms with Crippen molar-refractivity contribution in [2.75, 3.05) is 0 Å². The maximum Gasteiger partial charge on any atom is 0.432 e. The predicted molar refractivity (Wildman–Crippen MR) is 59.6 cm³/mol. The van der Waals surface area contributed by atoms with Crippen LogP contribution in [0.1, 0.15) is 21.6 Å². The minimum atomic E-state index is -4.70. The van der Waals surface area contributed by atoms with Gasteiger partial charge in [0.25, 0.3) is 0 Å². The van der Waals surface area contributed by atoms with Crippen molar-refractivity contribution in [3.05, 3.63) is 35.0 Å². The van der Waals surface area contributed by atoms with Crippen LogP contribution in [0.5, 0.6) is 0 Å². The van der Waals surface area contributed by atoms with Gasteiger partial charge in [-0.2, -0.15) is 13.2 Å². The molecule has 0 bridgehead atoms. The first-order valence-electron chi connectivity index (χ1n) is 5.13. The number of benzene rings is 1. The lowest BCUT2D eigenvalue weighted by Gasteiger charge is -2.09. The fraction of sp³-hybridized carbons (Fsp3) is 0.250. The highest BCUT2D eigenvalue weighted by Crippen LogP contribution is 2.38. The molecule has 1 heterocycles. The van der Waals surface area contributed by atoms with Crippen LogP contribution in [-0.4, -0.2) is 15.6 Å². The highest BCUT2D eigenvalue weighted by atomic mass is 19.4. The number of carboxylic acid groups (broad SMARTS) is 1. The van der Waals surface area contributed by atoms with Crippen LogP contribution in [0.15, 0.2) is 18.2 Å². The Morgan fingerprint density at radius 1 is 1.33 bits per heavy atom. The van der Waals surface area contributed by atoms with E-state index in [0.29, 0.717) is 11.1 Å². The number of aromatic nitrogens is 1. The molecule has 2 rings (SSSR count). The van der Waals surface area contributed by atoms with Crippen molar-refractivity contribution in [3.8, 4) is 0 Å². The molecule has 6 heteroatoms. The van der Waals surface area contributed by atoms with Crippen molar-refractivity contribution in [1.82, 2.24) is 4.57 Å². The van der Waals surface area contributed by atoms with Gasteiger partial charge in [0, 0.05) is 12.4 Å². The summed E-state index contributed by atoms with van der Waals surface area (Å²) in [6.07, 6.45) is -4.70. The van der Waals surface area contributed by atoms with E-state index >= 15 is 0 Å². The molecule has 1 aromatic heterocycles. The second-order valence-electron chi connectivity index (χ2n) is 4.06. The number of nitrogens with zero attached hydrogens (tertiary/aromatic N) is 1. The maximum absolute atomic E-state index is 13.0. The number of hydrogen-bond donors (Lipinski definition) is 1. The molecule has 0 spiro atoms. The Kier molecular flexibility index (Phi) is 2.61. The van der Waals surface area contributed by atoms with Gasteiger partial charge in [-0.25, -0.2) is 4.79 Å². The zero-order valence-electron chi connectivity index (χ0n) is 9.67. The molecule has 0 aliphatic rings. The Balaban J connectivity index is 3.02. The van der Waals surface area contributed by atoms with E-state index in [0.717, 1.165) is 4.57 Å². The quantitative estimate of drug-likeness (QED) is 0.852.